The summed E-state index contributed by atoms with van der Waals surface area (Å²) in [4.78, 5) is 23.7. The van der Waals surface area contributed by atoms with Gasteiger partial charge in [-0.2, -0.15) is 0 Å². The Morgan fingerprint density at radius 2 is 2.14 bits per heavy atom. The van der Waals surface area contributed by atoms with E-state index in [-0.39, 0.29) is 5.56 Å². The molecule has 2 rings (SSSR count). The number of aliphatic carboxylic acids is 1. The third kappa shape index (κ3) is 3.43. The normalized spacial score (nSPS) is 25.4. The van der Waals surface area contributed by atoms with Gasteiger partial charge < -0.3 is 10.4 Å². The van der Waals surface area contributed by atoms with Crippen molar-refractivity contribution < 1.29 is 19.1 Å². The lowest BCUT2D eigenvalue weighted by molar-refractivity contribution is -0.145. The number of carboxylic acids is 1. The van der Waals surface area contributed by atoms with Crippen molar-refractivity contribution in [3.63, 3.8) is 0 Å². The Bertz CT molecular complexity index is 578. The van der Waals surface area contributed by atoms with Gasteiger partial charge in [0.15, 0.2) is 0 Å². The fourth-order valence-electron chi connectivity index (χ4n) is 2.88. The van der Waals surface area contributed by atoms with E-state index < -0.39 is 29.2 Å². The van der Waals surface area contributed by atoms with Crippen LogP contribution in [0.4, 0.5) is 4.39 Å². The van der Waals surface area contributed by atoms with Crippen molar-refractivity contribution >= 4 is 27.8 Å². The van der Waals surface area contributed by atoms with Crippen LogP contribution < -0.4 is 5.32 Å². The molecule has 1 fully saturated rings. The zero-order chi connectivity index (χ0) is 15.6. The molecule has 1 amide bonds. The fraction of sp³-hybridized carbons (Fsp3) is 0.467. The van der Waals surface area contributed by atoms with E-state index in [1.807, 2.05) is 0 Å². The molecule has 1 aromatic carbocycles. The number of nitrogens with one attached hydrogen (secondary N) is 1. The van der Waals surface area contributed by atoms with Crippen LogP contribution in [0.5, 0.6) is 0 Å². The Morgan fingerprint density at radius 1 is 1.43 bits per heavy atom. The molecule has 2 unspecified atom stereocenters. The number of carbonyl (C=O) groups is 2. The molecule has 0 aliphatic heterocycles. The van der Waals surface area contributed by atoms with E-state index in [2.05, 4.69) is 21.2 Å². The summed E-state index contributed by atoms with van der Waals surface area (Å²) in [7, 11) is 0. The Hall–Kier alpha value is -1.43. The Morgan fingerprint density at radius 3 is 2.81 bits per heavy atom. The van der Waals surface area contributed by atoms with Crippen molar-refractivity contribution in [1.82, 2.24) is 5.32 Å². The molecular weight excluding hydrogens is 341 g/mol. The molecule has 4 nitrogen and oxygen atoms in total. The number of carbonyl (C=O) groups excluding carboxylic acids is 1. The van der Waals surface area contributed by atoms with Crippen molar-refractivity contribution in [1.29, 1.82) is 0 Å². The molecule has 0 bridgehead atoms. The highest BCUT2D eigenvalue weighted by atomic mass is 79.9. The van der Waals surface area contributed by atoms with Gasteiger partial charge in [0.2, 0.25) is 0 Å². The van der Waals surface area contributed by atoms with Crippen LogP contribution in [0.3, 0.4) is 0 Å². The van der Waals surface area contributed by atoms with Gasteiger partial charge in [0.25, 0.3) is 5.91 Å². The first-order valence-electron chi connectivity index (χ1n) is 6.84. The van der Waals surface area contributed by atoms with E-state index in [0.29, 0.717) is 17.3 Å². The highest BCUT2D eigenvalue weighted by Crippen LogP contribution is 2.34. The monoisotopic (exact) mass is 357 g/mol. The first kappa shape index (κ1) is 15.9. The standard InChI is InChI=1S/C15H17BrFNO3/c1-15(7-3-2-4-11(15)14(20)21)18-13(19)10-8-9(16)5-6-12(10)17/h5-6,8,11H,2-4,7H2,1H3,(H,18,19)(H,20,21). The molecule has 0 saturated heterocycles. The van der Waals surface area contributed by atoms with Crippen molar-refractivity contribution in [3.05, 3.63) is 34.1 Å². The second kappa shape index (κ2) is 6.13. The minimum atomic E-state index is -0.924. The summed E-state index contributed by atoms with van der Waals surface area (Å²) in [6.45, 7) is 1.72. The molecule has 6 heteroatoms. The number of rotatable bonds is 3. The smallest absolute Gasteiger partial charge is 0.308 e. The zero-order valence-corrected chi connectivity index (χ0v) is 13.2. The minimum Gasteiger partial charge on any atom is -0.481 e. The SMILES string of the molecule is CC1(NC(=O)c2cc(Br)ccc2F)CCCCC1C(=O)O. The van der Waals surface area contributed by atoms with Crippen LogP contribution in [-0.4, -0.2) is 22.5 Å². The largest absolute Gasteiger partial charge is 0.481 e. The van der Waals surface area contributed by atoms with Gasteiger partial charge >= 0.3 is 5.97 Å². The number of carboxylic acid groups (broad SMARTS) is 1. The number of hydrogen-bond acceptors (Lipinski definition) is 2. The van der Waals surface area contributed by atoms with Crippen LogP contribution in [0.25, 0.3) is 0 Å². The number of benzene rings is 1. The summed E-state index contributed by atoms with van der Waals surface area (Å²) in [5, 5.41) is 12.1. The highest BCUT2D eigenvalue weighted by molar-refractivity contribution is 9.10. The minimum absolute atomic E-state index is 0.0830. The first-order valence-corrected chi connectivity index (χ1v) is 7.63. The zero-order valence-electron chi connectivity index (χ0n) is 11.7. The van der Waals surface area contributed by atoms with Gasteiger partial charge in [-0.1, -0.05) is 28.8 Å². The summed E-state index contributed by atoms with van der Waals surface area (Å²) in [6, 6.07) is 4.11. The molecule has 1 aromatic rings. The molecule has 0 spiro atoms. The third-order valence-corrected chi connectivity index (χ3v) is 4.57. The predicted molar refractivity (Wildman–Crippen MR) is 79.6 cm³/mol. The van der Waals surface area contributed by atoms with Crippen molar-refractivity contribution in [3.8, 4) is 0 Å². The molecule has 21 heavy (non-hydrogen) atoms. The first-order chi connectivity index (χ1) is 9.83. The van der Waals surface area contributed by atoms with Crippen LogP contribution in [0, 0.1) is 11.7 Å². The Balaban J connectivity index is 2.24. The average Bonchev–Trinajstić information content (AvgIpc) is 2.41. The van der Waals surface area contributed by atoms with Crippen LogP contribution in [0.2, 0.25) is 0 Å². The molecule has 1 aliphatic rings. The summed E-state index contributed by atoms with van der Waals surface area (Å²) in [5.74, 6) is -2.77. The molecule has 114 valence electrons. The average molecular weight is 358 g/mol. The van der Waals surface area contributed by atoms with E-state index >= 15 is 0 Å². The lowest BCUT2D eigenvalue weighted by Gasteiger charge is -2.39. The van der Waals surface area contributed by atoms with Crippen molar-refractivity contribution in [2.75, 3.05) is 0 Å². The molecule has 1 aliphatic carbocycles. The summed E-state index contributed by atoms with van der Waals surface area (Å²) in [6.07, 6.45) is 2.77. The number of amides is 1. The molecule has 2 N–H and O–H groups in total. The van der Waals surface area contributed by atoms with E-state index in [9.17, 15) is 19.1 Å². The maximum absolute atomic E-state index is 13.8. The molecular formula is C15H17BrFNO3. The van der Waals surface area contributed by atoms with Gasteiger partial charge in [0, 0.05) is 4.47 Å². The van der Waals surface area contributed by atoms with Crippen LogP contribution in [0.15, 0.2) is 22.7 Å². The second-order valence-corrected chi connectivity index (χ2v) is 6.55. The van der Waals surface area contributed by atoms with Crippen LogP contribution in [0.1, 0.15) is 43.0 Å². The van der Waals surface area contributed by atoms with E-state index in [1.54, 1.807) is 6.92 Å². The summed E-state index contributed by atoms with van der Waals surface area (Å²) in [5.41, 5.74) is -0.934. The molecule has 1 saturated carbocycles. The maximum atomic E-state index is 13.8. The third-order valence-electron chi connectivity index (χ3n) is 4.08. The second-order valence-electron chi connectivity index (χ2n) is 5.63. The van der Waals surface area contributed by atoms with E-state index in [0.717, 1.165) is 12.8 Å². The van der Waals surface area contributed by atoms with Crippen LogP contribution in [-0.2, 0) is 4.79 Å². The number of halogens is 2. The maximum Gasteiger partial charge on any atom is 0.308 e. The van der Waals surface area contributed by atoms with Gasteiger partial charge in [-0.3, -0.25) is 9.59 Å². The Labute approximate surface area is 130 Å². The molecule has 2 atom stereocenters. The van der Waals surface area contributed by atoms with E-state index in [4.69, 9.17) is 0 Å². The van der Waals surface area contributed by atoms with Gasteiger partial charge in [-0.25, -0.2) is 4.39 Å². The lowest BCUT2D eigenvalue weighted by Crippen LogP contribution is -2.55. The summed E-state index contributed by atoms with van der Waals surface area (Å²) < 4.78 is 14.4. The van der Waals surface area contributed by atoms with Gasteiger partial charge in [-0.15, -0.1) is 0 Å². The van der Waals surface area contributed by atoms with Gasteiger partial charge in [0.1, 0.15) is 5.82 Å². The quantitative estimate of drug-likeness (QED) is 0.871. The lowest BCUT2D eigenvalue weighted by atomic mass is 9.73. The van der Waals surface area contributed by atoms with Crippen LogP contribution >= 0.6 is 15.9 Å². The Kier molecular flexibility index (Phi) is 4.66. The van der Waals surface area contributed by atoms with Gasteiger partial charge in [0.05, 0.1) is 17.0 Å². The van der Waals surface area contributed by atoms with Gasteiger partial charge in [-0.05, 0) is 38.0 Å². The predicted octanol–water partition coefficient (Wildman–Crippen LogP) is 3.35. The molecule has 0 heterocycles. The topological polar surface area (TPSA) is 66.4 Å². The summed E-state index contributed by atoms with van der Waals surface area (Å²) >= 11 is 3.20. The van der Waals surface area contributed by atoms with E-state index in [1.165, 1.54) is 18.2 Å². The fourth-order valence-corrected chi connectivity index (χ4v) is 3.24. The van der Waals surface area contributed by atoms with Crippen molar-refractivity contribution in [2.24, 2.45) is 5.92 Å². The molecule has 0 radical (unpaired) electrons. The number of hydrogen-bond donors (Lipinski definition) is 2. The molecule has 0 aromatic heterocycles. The van der Waals surface area contributed by atoms with Crippen molar-refractivity contribution in [2.45, 2.75) is 38.1 Å². The highest BCUT2D eigenvalue weighted by Gasteiger charge is 2.42.